The van der Waals surface area contributed by atoms with E-state index >= 15 is 0 Å². The molecule has 0 radical (unpaired) electrons. The Kier molecular flexibility index (Phi) is 5.80. The molecule has 1 amide bonds. The highest BCUT2D eigenvalue weighted by Crippen LogP contribution is 2.28. The smallest absolute Gasteiger partial charge is 0.234 e. The number of carbonyl (C=O) groups is 1. The van der Waals surface area contributed by atoms with Gasteiger partial charge in [0.15, 0.2) is 11.0 Å². The highest BCUT2D eigenvalue weighted by molar-refractivity contribution is 7.99. The van der Waals surface area contributed by atoms with E-state index in [0.29, 0.717) is 16.0 Å². The van der Waals surface area contributed by atoms with Gasteiger partial charge in [-0.1, -0.05) is 47.1 Å². The van der Waals surface area contributed by atoms with Gasteiger partial charge in [-0.3, -0.25) is 4.79 Å². The summed E-state index contributed by atoms with van der Waals surface area (Å²) >= 11 is 13.1. The number of hydrogen-bond acceptors (Lipinski definition) is 4. The van der Waals surface area contributed by atoms with Crippen LogP contribution in [0, 0.1) is 5.82 Å². The lowest BCUT2D eigenvalue weighted by molar-refractivity contribution is -0.113. The van der Waals surface area contributed by atoms with Crippen LogP contribution in [0.25, 0.3) is 11.4 Å². The molecule has 1 aromatic heterocycles. The Balaban J connectivity index is 1.67. The van der Waals surface area contributed by atoms with E-state index in [-0.39, 0.29) is 22.4 Å². The number of carbonyl (C=O) groups excluding carboxylic acids is 1. The number of nitrogens with zero attached hydrogens (tertiary/aromatic N) is 3. The molecule has 2 aromatic carbocycles. The number of anilines is 1. The first-order valence-electron chi connectivity index (χ1n) is 7.47. The SMILES string of the molecule is Cn1c(SCC(=O)Nc2ccc(Cl)cc2F)nnc1-c1ccccc1Cl. The summed E-state index contributed by atoms with van der Waals surface area (Å²) < 4.78 is 15.5. The van der Waals surface area contributed by atoms with Crippen LogP contribution in [0.15, 0.2) is 47.6 Å². The minimum absolute atomic E-state index is 0.0521. The van der Waals surface area contributed by atoms with Crippen molar-refractivity contribution < 1.29 is 9.18 Å². The van der Waals surface area contributed by atoms with Crippen molar-refractivity contribution >= 4 is 46.6 Å². The molecule has 26 heavy (non-hydrogen) atoms. The third-order valence-electron chi connectivity index (χ3n) is 3.49. The van der Waals surface area contributed by atoms with E-state index in [1.165, 1.54) is 23.9 Å². The summed E-state index contributed by atoms with van der Waals surface area (Å²) in [5.41, 5.74) is 0.832. The number of nitrogens with one attached hydrogen (secondary N) is 1. The maximum atomic E-state index is 13.7. The van der Waals surface area contributed by atoms with Gasteiger partial charge >= 0.3 is 0 Å². The largest absolute Gasteiger partial charge is 0.323 e. The molecule has 0 bridgehead atoms. The molecule has 5 nitrogen and oxygen atoms in total. The number of thioether (sulfide) groups is 1. The lowest BCUT2D eigenvalue weighted by Crippen LogP contribution is -2.15. The zero-order chi connectivity index (χ0) is 18.7. The van der Waals surface area contributed by atoms with Gasteiger partial charge in [0.1, 0.15) is 5.82 Å². The topological polar surface area (TPSA) is 59.8 Å². The Bertz CT molecular complexity index is 964. The Hall–Kier alpha value is -2.09. The first-order chi connectivity index (χ1) is 12.5. The van der Waals surface area contributed by atoms with Gasteiger partial charge in [0.2, 0.25) is 5.91 Å². The van der Waals surface area contributed by atoms with Crippen molar-refractivity contribution in [1.82, 2.24) is 14.8 Å². The number of amides is 1. The molecule has 3 rings (SSSR count). The molecular formula is C17H13Cl2FN4OS. The van der Waals surface area contributed by atoms with Crippen LogP contribution in [0.1, 0.15) is 0 Å². The molecule has 0 spiro atoms. The Labute approximate surface area is 163 Å². The number of halogens is 3. The van der Waals surface area contributed by atoms with Gasteiger partial charge in [-0.15, -0.1) is 10.2 Å². The maximum Gasteiger partial charge on any atom is 0.234 e. The van der Waals surface area contributed by atoms with Crippen molar-refractivity contribution in [3.05, 3.63) is 58.3 Å². The Morgan fingerprint density at radius 3 is 2.73 bits per heavy atom. The molecule has 0 aliphatic rings. The molecule has 0 saturated heterocycles. The number of benzene rings is 2. The minimum Gasteiger partial charge on any atom is -0.323 e. The zero-order valence-corrected chi connectivity index (χ0v) is 15.9. The molecule has 3 aromatic rings. The van der Waals surface area contributed by atoms with Crippen molar-refractivity contribution in [2.45, 2.75) is 5.16 Å². The van der Waals surface area contributed by atoms with Crippen LogP contribution in [0.4, 0.5) is 10.1 Å². The normalized spacial score (nSPS) is 10.8. The van der Waals surface area contributed by atoms with Gasteiger partial charge in [-0.25, -0.2) is 4.39 Å². The van der Waals surface area contributed by atoms with Crippen LogP contribution in [0.2, 0.25) is 10.0 Å². The van der Waals surface area contributed by atoms with E-state index in [1.807, 2.05) is 18.2 Å². The van der Waals surface area contributed by atoms with Crippen LogP contribution < -0.4 is 5.32 Å². The van der Waals surface area contributed by atoms with Crippen LogP contribution in [-0.4, -0.2) is 26.4 Å². The molecule has 0 fully saturated rings. The molecule has 1 N–H and O–H groups in total. The summed E-state index contributed by atoms with van der Waals surface area (Å²) in [6.07, 6.45) is 0. The van der Waals surface area contributed by atoms with Crippen molar-refractivity contribution in [3.8, 4) is 11.4 Å². The van der Waals surface area contributed by atoms with Crippen LogP contribution in [0.3, 0.4) is 0 Å². The first-order valence-corrected chi connectivity index (χ1v) is 9.22. The van der Waals surface area contributed by atoms with Gasteiger partial charge in [0, 0.05) is 17.6 Å². The van der Waals surface area contributed by atoms with Crippen molar-refractivity contribution in [3.63, 3.8) is 0 Å². The maximum absolute atomic E-state index is 13.7. The van der Waals surface area contributed by atoms with E-state index < -0.39 is 5.82 Å². The predicted octanol–water partition coefficient (Wildman–Crippen LogP) is 4.66. The highest BCUT2D eigenvalue weighted by atomic mass is 35.5. The summed E-state index contributed by atoms with van der Waals surface area (Å²) in [6, 6.07) is 11.4. The molecule has 0 unspecified atom stereocenters. The number of hydrogen-bond donors (Lipinski definition) is 1. The molecular weight excluding hydrogens is 398 g/mol. The average molecular weight is 411 g/mol. The Morgan fingerprint density at radius 1 is 1.23 bits per heavy atom. The van der Waals surface area contributed by atoms with Crippen molar-refractivity contribution in [1.29, 1.82) is 0 Å². The van der Waals surface area contributed by atoms with Gasteiger partial charge < -0.3 is 9.88 Å². The van der Waals surface area contributed by atoms with Crippen LogP contribution >= 0.6 is 35.0 Å². The predicted molar refractivity (Wildman–Crippen MR) is 102 cm³/mol. The average Bonchev–Trinajstić information content (AvgIpc) is 2.97. The zero-order valence-electron chi connectivity index (χ0n) is 13.5. The molecule has 0 atom stereocenters. The van der Waals surface area contributed by atoms with E-state index in [9.17, 15) is 9.18 Å². The second-order valence-corrected chi connectivity index (χ2v) is 7.09. The summed E-state index contributed by atoms with van der Waals surface area (Å²) in [6.45, 7) is 0. The summed E-state index contributed by atoms with van der Waals surface area (Å²) in [5, 5.41) is 12.1. The number of rotatable bonds is 5. The lowest BCUT2D eigenvalue weighted by atomic mass is 10.2. The second kappa shape index (κ2) is 8.07. The van der Waals surface area contributed by atoms with Gasteiger partial charge in [-0.2, -0.15) is 0 Å². The quantitative estimate of drug-likeness (QED) is 0.621. The van der Waals surface area contributed by atoms with Gasteiger partial charge in [0.25, 0.3) is 0 Å². The van der Waals surface area contributed by atoms with Gasteiger partial charge in [-0.05, 0) is 30.3 Å². The third-order valence-corrected chi connectivity index (χ3v) is 5.07. The van der Waals surface area contributed by atoms with Crippen molar-refractivity contribution in [2.24, 2.45) is 7.05 Å². The standard InChI is InChI=1S/C17H13Cl2FN4OS/c1-24-16(11-4-2-3-5-12(11)19)22-23-17(24)26-9-15(25)21-14-7-6-10(18)8-13(14)20/h2-8H,9H2,1H3,(H,21,25). The van der Waals surface area contributed by atoms with E-state index in [1.54, 1.807) is 17.7 Å². The van der Waals surface area contributed by atoms with Crippen LogP contribution in [-0.2, 0) is 11.8 Å². The van der Waals surface area contributed by atoms with Gasteiger partial charge in [0.05, 0.1) is 16.5 Å². The lowest BCUT2D eigenvalue weighted by Gasteiger charge is -2.07. The fourth-order valence-electron chi connectivity index (χ4n) is 2.22. The molecule has 0 saturated carbocycles. The molecule has 0 aliphatic carbocycles. The van der Waals surface area contributed by atoms with E-state index in [0.717, 1.165) is 11.6 Å². The number of aromatic nitrogens is 3. The first kappa shape index (κ1) is 18.7. The molecule has 9 heteroatoms. The second-order valence-electron chi connectivity index (χ2n) is 5.31. The van der Waals surface area contributed by atoms with Crippen molar-refractivity contribution in [2.75, 3.05) is 11.1 Å². The highest BCUT2D eigenvalue weighted by Gasteiger charge is 2.15. The molecule has 1 heterocycles. The van der Waals surface area contributed by atoms with E-state index in [2.05, 4.69) is 15.5 Å². The molecule has 134 valence electrons. The third kappa shape index (κ3) is 4.17. The minimum atomic E-state index is -0.587. The fourth-order valence-corrected chi connectivity index (χ4v) is 3.31. The van der Waals surface area contributed by atoms with E-state index in [4.69, 9.17) is 23.2 Å². The molecule has 0 aliphatic heterocycles. The fraction of sp³-hybridized carbons (Fsp3) is 0.118. The van der Waals surface area contributed by atoms with Crippen LogP contribution in [0.5, 0.6) is 0 Å². The summed E-state index contributed by atoms with van der Waals surface area (Å²) in [7, 11) is 1.79. The summed E-state index contributed by atoms with van der Waals surface area (Å²) in [5.74, 6) is -0.299. The Morgan fingerprint density at radius 2 is 2.00 bits per heavy atom. The monoisotopic (exact) mass is 410 g/mol. The summed E-state index contributed by atoms with van der Waals surface area (Å²) in [4.78, 5) is 12.1.